The molecule has 0 saturated carbocycles. The summed E-state index contributed by atoms with van der Waals surface area (Å²) in [5.41, 5.74) is 0.649. The molecule has 1 aliphatic rings. The van der Waals surface area contributed by atoms with Gasteiger partial charge in [-0.3, -0.25) is 0 Å². The third kappa shape index (κ3) is 2.87. The van der Waals surface area contributed by atoms with Crippen molar-refractivity contribution in [1.82, 2.24) is 0 Å². The molecule has 2 unspecified atom stereocenters. The predicted molar refractivity (Wildman–Crippen MR) is 61.9 cm³/mol. The monoisotopic (exact) mass is 218 g/mol. The van der Waals surface area contributed by atoms with E-state index in [0.717, 1.165) is 18.9 Å². The van der Waals surface area contributed by atoms with Gasteiger partial charge in [0, 0.05) is 17.9 Å². The first kappa shape index (κ1) is 12.3. The van der Waals surface area contributed by atoms with Crippen molar-refractivity contribution in [2.24, 2.45) is 10.8 Å². The van der Waals surface area contributed by atoms with E-state index in [1.807, 2.05) is 0 Å². The minimum absolute atomic E-state index is 0.245. The Kier molecular flexibility index (Phi) is 3.87. The third-order valence-corrected chi connectivity index (χ3v) is 4.00. The topological polar surface area (TPSA) is 9.23 Å². The largest absolute Gasteiger partial charge is 0.378 e. The van der Waals surface area contributed by atoms with Crippen LogP contribution in [0.1, 0.15) is 47.0 Å². The van der Waals surface area contributed by atoms with E-state index in [1.165, 1.54) is 12.8 Å². The second-order valence-corrected chi connectivity index (χ2v) is 6.09. The van der Waals surface area contributed by atoms with Gasteiger partial charge in [0.2, 0.25) is 0 Å². The molecule has 14 heavy (non-hydrogen) atoms. The minimum Gasteiger partial charge on any atom is -0.378 e. The summed E-state index contributed by atoms with van der Waals surface area (Å²) < 4.78 is 5.64. The van der Waals surface area contributed by atoms with Crippen molar-refractivity contribution in [2.45, 2.75) is 53.1 Å². The van der Waals surface area contributed by atoms with Crippen LogP contribution in [-0.2, 0) is 4.74 Å². The van der Waals surface area contributed by atoms with Crippen molar-refractivity contribution in [3.05, 3.63) is 0 Å². The summed E-state index contributed by atoms with van der Waals surface area (Å²) in [6.45, 7) is 9.91. The normalized spacial score (nSPS) is 33.6. The van der Waals surface area contributed by atoms with Crippen LogP contribution in [0.4, 0.5) is 0 Å². The maximum Gasteiger partial charge on any atom is 0.0615 e. The minimum atomic E-state index is 0.245. The Hall–Kier alpha value is 0.250. The first-order chi connectivity index (χ1) is 6.40. The Labute approximate surface area is 93.2 Å². The fourth-order valence-corrected chi connectivity index (χ4v) is 2.50. The number of ether oxygens (including phenoxy) is 1. The molecule has 0 aromatic rings. The molecule has 0 aromatic carbocycles. The molecule has 1 saturated heterocycles. The summed E-state index contributed by atoms with van der Waals surface area (Å²) in [5.74, 6) is 0.740. The van der Waals surface area contributed by atoms with E-state index in [0.29, 0.717) is 11.5 Å². The summed E-state index contributed by atoms with van der Waals surface area (Å²) in [6, 6.07) is 0. The number of hydrogen-bond acceptors (Lipinski definition) is 1. The van der Waals surface area contributed by atoms with Gasteiger partial charge in [-0.15, -0.1) is 11.6 Å². The van der Waals surface area contributed by atoms with Gasteiger partial charge < -0.3 is 4.74 Å². The van der Waals surface area contributed by atoms with Crippen molar-refractivity contribution in [3.8, 4) is 0 Å². The zero-order valence-corrected chi connectivity index (χ0v) is 10.7. The average Bonchev–Trinajstić information content (AvgIpc) is 2.43. The number of rotatable bonds is 3. The molecule has 1 nitrogen and oxygen atoms in total. The molecule has 2 heteroatoms. The van der Waals surface area contributed by atoms with Crippen LogP contribution in [0.3, 0.4) is 0 Å². The lowest BCUT2D eigenvalue weighted by Crippen LogP contribution is -2.31. The summed E-state index contributed by atoms with van der Waals surface area (Å²) >= 11 is 6.11. The van der Waals surface area contributed by atoms with Gasteiger partial charge in [-0.25, -0.2) is 0 Å². The summed E-state index contributed by atoms with van der Waals surface area (Å²) in [5, 5.41) is 0. The third-order valence-electron chi connectivity index (χ3n) is 3.47. The SMILES string of the molecule is CC1OCCC1(CCl)CCC(C)(C)C. The molecule has 0 bridgehead atoms. The van der Waals surface area contributed by atoms with Gasteiger partial charge in [0.05, 0.1) is 6.10 Å². The van der Waals surface area contributed by atoms with Gasteiger partial charge in [-0.1, -0.05) is 20.8 Å². The molecule has 84 valence electrons. The van der Waals surface area contributed by atoms with Crippen molar-refractivity contribution in [1.29, 1.82) is 0 Å². The first-order valence-corrected chi connectivity index (χ1v) is 6.11. The van der Waals surface area contributed by atoms with Crippen LogP contribution >= 0.6 is 11.6 Å². The van der Waals surface area contributed by atoms with E-state index in [4.69, 9.17) is 16.3 Å². The summed E-state index contributed by atoms with van der Waals surface area (Å²) in [7, 11) is 0. The van der Waals surface area contributed by atoms with Gasteiger partial charge in [0.25, 0.3) is 0 Å². The number of hydrogen-bond donors (Lipinski definition) is 0. The van der Waals surface area contributed by atoms with Crippen molar-refractivity contribution >= 4 is 11.6 Å². The maximum atomic E-state index is 6.11. The number of alkyl halides is 1. The molecule has 0 spiro atoms. The molecule has 2 atom stereocenters. The lowest BCUT2D eigenvalue weighted by Gasteiger charge is -2.32. The highest BCUT2D eigenvalue weighted by atomic mass is 35.5. The van der Waals surface area contributed by atoms with Gasteiger partial charge in [-0.05, 0) is 31.6 Å². The van der Waals surface area contributed by atoms with Crippen molar-refractivity contribution in [2.75, 3.05) is 12.5 Å². The highest BCUT2D eigenvalue weighted by Gasteiger charge is 2.40. The van der Waals surface area contributed by atoms with E-state index in [1.54, 1.807) is 0 Å². The van der Waals surface area contributed by atoms with E-state index in [-0.39, 0.29) is 5.41 Å². The first-order valence-electron chi connectivity index (χ1n) is 5.57. The maximum absolute atomic E-state index is 6.11. The van der Waals surface area contributed by atoms with Gasteiger partial charge in [0.1, 0.15) is 0 Å². The Morgan fingerprint density at radius 2 is 2.07 bits per heavy atom. The summed E-state index contributed by atoms with van der Waals surface area (Å²) in [4.78, 5) is 0. The van der Waals surface area contributed by atoms with Crippen molar-refractivity contribution < 1.29 is 4.74 Å². The van der Waals surface area contributed by atoms with Crippen LogP contribution in [0.15, 0.2) is 0 Å². The molecule has 0 aliphatic carbocycles. The van der Waals surface area contributed by atoms with Crippen molar-refractivity contribution in [3.63, 3.8) is 0 Å². The molecule has 0 N–H and O–H groups in total. The Morgan fingerprint density at radius 1 is 1.43 bits per heavy atom. The van der Waals surface area contributed by atoms with E-state index >= 15 is 0 Å². The highest BCUT2D eigenvalue weighted by Crippen LogP contribution is 2.42. The predicted octanol–water partition coefficient (Wildman–Crippen LogP) is 3.85. The van der Waals surface area contributed by atoms with Gasteiger partial charge in [-0.2, -0.15) is 0 Å². The Bertz CT molecular complexity index is 185. The molecule has 1 heterocycles. The lowest BCUT2D eigenvalue weighted by molar-refractivity contribution is 0.0638. The second-order valence-electron chi connectivity index (χ2n) is 5.82. The molecule has 1 rings (SSSR count). The van der Waals surface area contributed by atoms with Crippen LogP contribution in [0.2, 0.25) is 0 Å². The molecule has 1 aliphatic heterocycles. The summed E-state index contributed by atoms with van der Waals surface area (Å²) in [6.07, 6.45) is 3.89. The van der Waals surface area contributed by atoms with Crippen LogP contribution in [0.5, 0.6) is 0 Å². The fourth-order valence-electron chi connectivity index (χ4n) is 2.01. The zero-order chi connectivity index (χ0) is 10.8. The quantitative estimate of drug-likeness (QED) is 0.654. The van der Waals surface area contributed by atoms with E-state index in [2.05, 4.69) is 27.7 Å². The molecular formula is C12H23ClO. The van der Waals surface area contributed by atoms with Crippen LogP contribution in [0, 0.1) is 10.8 Å². The molecule has 0 amide bonds. The Morgan fingerprint density at radius 3 is 2.43 bits per heavy atom. The van der Waals surface area contributed by atoms with Gasteiger partial charge in [0.15, 0.2) is 0 Å². The van der Waals surface area contributed by atoms with Crippen LogP contribution < -0.4 is 0 Å². The molecule has 1 fully saturated rings. The van der Waals surface area contributed by atoms with Gasteiger partial charge >= 0.3 is 0 Å². The fraction of sp³-hybridized carbons (Fsp3) is 1.00. The standard InChI is InChI=1S/C12H23ClO/c1-10-12(9-13,7-8-14-10)6-5-11(2,3)4/h10H,5-9H2,1-4H3. The van der Waals surface area contributed by atoms with E-state index in [9.17, 15) is 0 Å². The lowest BCUT2D eigenvalue weighted by atomic mass is 9.75. The van der Waals surface area contributed by atoms with E-state index < -0.39 is 0 Å². The zero-order valence-electron chi connectivity index (χ0n) is 9.90. The second kappa shape index (κ2) is 4.40. The van der Waals surface area contributed by atoms with Crippen LogP contribution in [-0.4, -0.2) is 18.6 Å². The smallest absolute Gasteiger partial charge is 0.0615 e. The van der Waals surface area contributed by atoms with Crippen LogP contribution in [0.25, 0.3) is 0 Å². The number of halogens is 1. The molecular weight excluding hydrogens is 196 g/mol. The average molecular weight is 219 g/mol. The molecule has 0 radical (unpaired) electrons. The molecule has 0 aromatic heterocycles. The Balaban J connectivity index is 2.54. The highest BCUT2D eigenvalue weighted by molar-refractivity contribution is 6.18.